The summed E-state index contributed by atoms with van der Waals surface area (Å²) in [5.41, 5.74) is 5.33. The molecule has 1 saturated heterocycles. The zero-order valence-corrected chi connectivity index (χ0v) is 8.16. The number of hydrogen-bond donors (Lipinski definition) is 1. The summed E-state index contributed by atoms with van der Waals surface area (Å²) in [6, 6.07) is 0. The molecular weight excluding hydrogens is 168 g/mol. The highest BCUT2D eigenvalue weighted by Gasteiger charge is 2.18. The molecule has 1 amide bonds. The molecule has 0 radical (unpaired) electrons. The Bertz CT molecular complexity index is 173. The molecule has 0 spiro atoms. The van der Waals surface area contributed by atoms with Crippen LogP contribution >= 0.6 is 0 Å². The van der Waals surface area contributed by atoms with E-state index < -0.39 is 0 Å². The van der Waals surface area contributed by atoms with Crippen molar-refractivity contribution in [3.05, 3.63) is 0 Å². The number of ether oxygens (including phenoxy) is 1. The van der Waals surface area contributed by atoms with E-state index in [9.17, 15) is 4.79 Å². The Balaban J connectivity index is 2.42. The minimum absolute atomic E-state index is 0.153. The van der Waals surface area contributed by atoms with Gasteiger partial charge in [0.1, 0.15) is 0 Å². The van der Waals surface area contributed by atoms with Crippen LogP contribution in [0.25, 0.3) is 0 Å². The summed E-state index contributed by atoms with van der Waals surface area (Å²) in [6.45, 7) is 4.70. The van der Waals surface area contributed by atoms with Crippen LogP contribution in [0.3, 0.4) is 0 Å². The van der Waals surface area contributed by atoms with Gasteiger partial charge < -0.3 is 15.4 Å². The normalized spacial score (nSPS) is 24.2. The molecule has 1 unspecified atom stereocenters. The van der Waals surface area contributed by atoms with Gasteiger partial charge in [-0.15, -0.1) is 0 Å². The lowest BCUT2D eigenvalue weighted by molar-refractivity contribution is -0.131. The highest BCUT2D eigenvalue weighted by molar-refractivity contribution is 5.76. The van der Waals surface area contributed by atoms with E-state index in [4.69, 9.17) is 10.5 Å². The Kier molecular flexibility index (Phi) is 4.18. The smallest absolute Gasteiger partial charge is 0.223 e. The van der Waals surface area contributed by atoms with Crippen molar-refractivity contribution in [3.63, 3.8) is 0 Å². The van der Waals surface area contributed by atoms with Crippen molar-refractivity contribution in [2.75, 3.05) is 26.2 Å². The van der Waals surface area contributed by atoms with Gasteiger partial charge in [-0.1, -0.05) is 0 Å². The fourth-order valence-electron chi connectivity index (χ4n) is 1.50. The van der Waals surface area contributed by atoms with E-state index in [0.29, 0.717) is 19.5 Å². The third kappa shape index (κ3) is 3.32. The van der Waals surface area contributed by atoms with E-state index in [1.807, 2.05) is 11.8 Å². The molecule has 4 nitrogen and oxygen atoms in total. The number of nitrogens with two attached hydrogens (primary N) is 1. The lowest BCUT2D eigenvalue weighted by Gasteiger charge is -2.21. The lowest BCUT2D eigenvalue weighted by atomic mass is 10.3. The number of nitrogens with zero attached hydrogens (tertiary/aromatic N) is 1. The Morgan fingerprint density at radius 3 is 3.15 bits per heavy atom. The third-order valence-electron chi connectivity index (χ3n) is 2.16. The van der Waals surface area contributed by atoms with Crippen molar-refractivity contribution >= 4 is 5.91 Å². The Morgan fingerprint density at radius 1 is 1.69 bits per heavy atom. The Hall–Kier alpha value is -0.610. The van der Waals surface area contributed by atoms with Crippen molar-refractivity contribution in [1.82, 2.24) is 4.90 Å². The van der Waals surface area contributed by atoms with Crippen LogP contribution in [0.4, 0.5) is 0 Å². The van der Waals surface area contributed by atoms with Crippen LogP contribution in [0.5, 0.6) is 0 Å². The van der Waals surface area contributed by atoms with Crippen LogP contribution in [0.1, 0.15) is 19.8 Å². The van der Waals surface area contributed by atoms with Gasteiger partial charge in [-0.2, -0.15) is 0 Å². The summed E-state index contributed by atoms with van der Waals surface area (Å²) < 4.78 is 5.44. The summed E-state index contributed by atoms with van der Waals surface area (Å²) in [5, 5.41) is 0. The topological polar surface area (TPSA) is 55.6 Å². The third-order valence-corrected chi connectivity index (χ3v) is 2.16. The molecule has 1 heterocycles. The van der Waals surface area contributed by atoms with Gasteiger partial charge in [-0.3, -0.25) is 4.79 Å². The Labute approximate surface area is 79.0 Å². The Morgan fingerprint density at radius 2 is 2.46 bits per heavy atom. The molecule has 1 aliphatic heterocycles. The maximum absolute atomic E-state index is 11.5. The van der Waals surface area contributed by atoms with Gasteiger partial charge in [0, 0.05) is 32.7 Å². The van der Waals surface area contributed by atoms with Gasteiger partial charge in [0.05, 0.1) is 6.10 Å². The fraction of sp³-hybridized carbons (Fsp3) is 0.889. The molecule has 0 aromatic rings. The first-order valence-corrected chi connectivity index (χ1v) is 4.83. The molecule has 76 valence electrons. The zero-order valence-electron chi connectivity index (χ0n) is 8.16. The van der Waals surface area contributed by atoms with E-state index in [0.717, 1.165) is 19.6 Å². The van der Waals surface area contributed by atoms with E-state index >= 15 is 0 Å². The molecule has 0 aliphatic carbocycles. The summed E-state index contributed by atoms with van der Waals surface area (Å²) in [5.74, 6) is 0.153. The number of carbonyl (C=O) groups excluding carboxylic acids is 1. The summed E-state index contributed by atoms with van der Waals surface area (Å²) >= 11 is 0. The molecule has 0 saturated carbocycles. The van der Waals surface area contributed by atoms with Crippen molar-refractivity contribution in [2.45, 2.75) is 25.9 Å². The van der Waals surface area contributed by atoms with Gasteiger partial charge in [-0.25, -0.2) is 0 Å². The van der Waals surface area contributed by atoms with Crippen LogP contribution < -0.4 is 5.73 Å². The van der Waals surface area contributed by atoms with Crippen LogP contribution in [0, 0.1) is 0 Å². The monoisotopic (exact) mass is 186 g/mol. The molecule has 4 heteroatoms. The minimum atomic E-state index is 0.153. The number of amides is 1. The van der Waals surface area contributed by atoms with E-state index in [2.05, 4.69) is 0 Å². The van der Waals surface area contributed by atoms with Gasteiger partial charge in [0.2, 0.25) is 5.91 Å². The first kappa shape index (κ1) is 10.5. The number of carbonyl (C=O) groups is 1. The van der Waals surface area contributed by atoms with Gasteiger partial charge in [0.15, 0.2) is 0 Å². The van der Waals surface area contributed by atoms with E-state index in [-0.39, 0.29) is 12.0 Å². The molecule has 1 atom stereocenters. The molecule has 13 heavy (non-hydrogen) atoms. The second kappa shape index (κ2) is 5.19. The van der Waals surface area contributed by atoms with Gasteiger partial charge in [-0.05, 0) is 13.3 Å². The highest BCUT2D eigenvalue weighted by atomic mass is 16.5. The molecule has 1 fully saturated rings. The quantitative estimate of drug-likeness (QED) is 0.659. The van der Waals surface area contributed by atoms with Crippen LogP contribution in [-0.2, 0) is 9.53 Å². The first-order valence-electron chi connectivity index (χ1n) is 4.83. The second-order valence-corrected chi connectivity index (χ2v) is 3.41. The first-order chi connectivity index (χ1) is 6.24. The predicted octanol–water partition coefficient (Wildman–Crippen LogP) is -0.0274. The number of hydrogen-bond acceptors (Lipinski definition) is 3. The summed E-state index contributed by atoms with van der Waals surface area (Å²) in [7, 11) is 0. The van der Waals surface area contributed by atoms with Crippen LogP contribution in [0.2, 0.25) is 0 Å². The largest absolute Gasteiger partial charge is 0.377 e. The van der Waals surface area contributed by atoms with Crippen molar-refractivity contribution in [3.8, 4) is 0 Å². The zero-order chi connectivity index (χ0) is 9.68. The molecule has 0 aromatic carbocycles. The fourth-order valence-corrected chi connectivity index (χ4v) is 1.50. The van der Waals surface area contributed by atoms with Crippen molar-refractivity contribution < 1.29 is 9.53 Å². The predicted molar refractivity (Wildman–Crippen MR) is 50.3 cm³/mol. The van der Waals surface area contributed by atoms with Crippen LogP contribution in [-0.4, -0.2) is 43.2 Å². The lowest BCUT2D eigenvalue weighted by Crippen LogP contribution is -2.36. The highest BCUT2D eigenvalue weighted by Crippen LogP contribution is 2.06. The summed E-state index contributed by atoms with van der Waals surface area (Å²) in [4.78, 5) is 13.3. The molecule has 2 N–H and O–H groups in total. The van der Waals surface area contributed by atoms with Crippen molar-refractivity contribution in [2.24, 2.45) is 5.73 Å². The standard InChI is InChI=1S/C9H18N2O2/c1-8-7-11(5-2-6-13-8)9(12)3-4-10/h8H,2-7,10H2,1H3. The van der Waals surface area contributed by atoms with Gasteiger partial charge >= 0.3 is 0 Å². The average Bonchev–Trinajstić information content (AvgIpc) is 2.30. The minimum Gasteiger partial charge on any atom is -0.377 e. The van der Waals surface area contributed by atoms with Crippen LogP contribution in [0.15, 0.2) is 0 Å². The average molecular weight is 186 g/mol. The van der Waals surface area contributed by atoms with Gasteiger partial charge in [0.25, 0.3) is 0 Å². The molecule has 1 rings (SSSR count). The summed E-state index contributed by atoms with van der Waals surface area (Å²) in [6.07, 6.45) is 1.54. The van der Waals surface area contributed by atoms with Crippen molar-refractivity contribution in [1.29, 1.82) is 0 Å². The molecule has 1 aliphatic rings. The SMILES string of the molecule is CC1CN(C(=O)CCN)CCCO1. The molecule has 0 bridgehead atoms. The molecular formula is C9H18N2O2. The maximum atomic E-state index is 11.5. The van der Waals surface area contributed by atoms with E-state index in [1.54, 1.807) is 0 Å². The number of rotatable bonds is 2. The maximum Gasteiger partial charge on any atom is 0.223 e. The second-order valence-electron chi connectivity index (χ2n) is 3.41. The van der Waals surface area contributed by atoms with E-state index in [1.165, 1.54) is 0 Å². The molecule has 0 aromatic heterocycles.